The topological polar surface area (TPSA) is 76.2 Å². The third-order valence-corrected chi connectivity index (χ3v) is 3.82. The molecule has 1 aromatic heterocycles. The molecule has 1 aliphatic rings. The van der Waals surface area contributed by atoms with Gasteiger partial charge in [0.15, 0.2) is 0 Å². The molecule has 2 heterocycles. The fourth-order valence-corrected chi connectivity index (χ4v) is 2.60. The Hall–Kier alpha value is -2.18. The van der Waals surface area contributed by atoms with Gasteiger partial charge >= 0.3 is 0 Å². The molecule has 0 saturated carbocycles. The van der Waals surface area contributed by atoms with Gasteiger partial charge in [-0.05, 0) is 18.4 Å². The van der Waals surface area contributed by atoms with E-state index in [0.717, 1.165) is 36.3 Å². The zero-order chi connectivity index (χ0) is 15.9. The summed E-state index contributed by atoms with van der Waals surface area (Å²) in [5.74, 6) is -0.136. The SMILES string of the molecule is O=C(COCC1CCCO1)NCc1cn[nH]c1-c1ccccc1. The molecule has 6 heteroatoms. The lowest BCUT2D eigenvalue weighted by Gasteiger charge is -2.10. The minimum atomic E-state index is -0.136. The van der Waals surface area contributed by atoms with E-state index in [4.69, 9.17) is 9.47 Å². The molecule has 1 saturated heterocycles. The largest absolute Gasteiger partial charge is 0.376 e. The van der Waals surface area contributed by atoms with Crippen LogP contribution in [0.25, 0.3) is 11.3 Å². The maximum atomic E-state index is 11.9. The maximum Gasteiger partial charge on any atom is 0.246 e. The van der Waals surface area contributed by atoms with Crippen molar-refractivity contribution in [1.82, 2.24) is 15.5 Å². The lowest BCUT2D eigenvalue weighted by atomic mass is 10.1. The van der Waals surface area contributed by atoms with Gasteiger partial charge in [0.05, 0.1) is 24.6 Å². The maximum absolute atomic E-state index is 11.9. The molecular weight excluding hydrogens is 294 g/mol. The molecule has 0 spiro atoms. The number of rotatable bonds is 7. The molecule has 1 atom stereocenters. The van der Waals surface area contributed by atoms with Gasteiger partial charge in [0.25, 0.3) is 0 Å². The summed E-state index contributed by atoms with van der Waals surface area (Å²) in [5.41, 5.74) is 2.92. The minimum absolute atomic E-state index is 0.0540. The molecule has 6 nitrogen and oxygen atoms in total. The number of carbonyl (C=O) groups excluding carboxylic acids is 1. The van der Waals surface area contributed by atoms with Crippen molar-refractivity contribution in [3.8, 4) is 11.3 Å². The molecule has 1 unspecified atom stereocenters. The van der Waals surface area contributed by atoms with Crippen LogP contribution in [0.4, 0.5) is 0 Å². The fraction of sp³-hybridized carbons (Fsp3) is 0.412. The van der Waals surface area contributed by atoms with Crippen LogP contribution < -0.4 is 5.32 Å². The molecule has 1 aromatic carbocycles. The van der Waals surface area contributed by atoms with Crippen LogP contribution in [0.1, 0.15) is 18.4 Å². The standard InChI is InChI=1S/C17H21N3O3/c21-16(12-22-11-15-7-4-8-23-15)18-9-14-10-19-20-17(14)13-5-2-1-3-6-13/h1-3,5-6,10,15H,4,7-9,11-12H2,(H,18,21)(H,19,20). The van der Waals surface area contributed by atoms with E-state index in [9.17, 15) is 4.79 Å². The number of carbonyl (C=O) groups is 1. The quantitative estimate of drug-likeness (QED) is 0.818. The first kappa shape index (κ1) is 15.7. The van der Waals surface area contributed by atoms with Crippen molar-refractivity contribution < 1.29 is 14.3 Å². The van der Waals surface area contributed by atoms with Gasteiger partial charge in [-0.1, -0.05) is 30.3 Å². The van der Waals surface area contributed by atoms with Crippen molar-refractivity contribution in [3.05, 3.63) is 42.1 Å². The Kier molecular flexibility index (Phi) is 5.39. The summed E-state index contributed by atoms with van der Waals surface area (Å²) in [4.78, 5) is 11.9. The monoisotopic (exact) mass is 315 g/mol. The molecule has 23 heavy (non-hydrogen) atoms. The van der Waals surface area contributed by atoms with Crippen LogP contribution in [-0.2, 0) is 20.8 Å². The van der Waals surface area contributed by atoms with Crippen molar-refractivity contribution in [2.24, 2.45) is 0 Å². The molecule has 2 aromatic rings. The van der Waals surface area contributed by atoms with Gasteiger partial charge < -0.3 is 14.8 Å². The Morgan fingerprint density at radius 3 is 3.04 bits per heavy atom. The van der Waals surface area contributed by atoms with Crippen molar-refractivity contribution >= 4 is 5.91 Å². The van der Waals surface area contributed by atoms with E-state index in [0.29, 0.717) is 13.2 Å². The highest BCUT2D eigenvalue weighted by molar-refractivity contribution is 5.77. The predicted octanol–water partition coefficient (Wildman–Crippen LogP) is 1.89. The summed E-state index contributed by atoms with van der Waals surface area (Å²) in [7, 11) is 0. The number of nitrogens with zero attached hydrogens (tertiary/aromatic N) is 1. The van der Waals surface area contributed by atoms with Gasteiger partial charge in [-0.3, -0.25) is 9.89 Å². The van der Waals surface area contributed by atoms with Crippen molar-refractivity contribution in [2.45, 2.75) is 25.5 Å². The molecule has 0 aliphatic carbocycles. The van der Waals surface area contributed by atoms with E-state index in [-0.39, 0.29) is 18.6 Å². The summed E-state index contributed by atoms with van der Waals surface area (Å²) in [6.07, 6.45) is 3.96. The van der Waals surface area contributed by atoms with E-state index in [1.165, 1.54) is 0 Å². The van der Waals surface area contributed by atoms with Gasteiger partial charge in [-0.25, -0.2) is 0 Å². The van der Waals surface area contributed by atoms with Gasteiger partial charge in [0, 0.05) is 18.7 Å². The number of benzene rings is 1. The molecule has 2 N–H and O–H groups in total. The number of aromatic nitrogens is 2. The molecule has 1 fully saturated rings. The highest BCUT2D eigenvalue weighted by atomic mass is 16.5. The number of nitrogens with one attached hydrogen (secondary N) is 2. The van der Waals surface area contributed by atoms with Crippen LogP contribution in [0.2, 0.25) is 0 Å². The fourth-order valence-electron chi connectivity index (χ4n) is 2.60. The van der Waals surface area contributed by atoms with Crippen LogP contribution in [0.5, 0.6) is 0 Å². The smallest absolute Gasteiger partial charge is 0.246 e. The van der Waals surface area contributed by atoms with Crippen LogP contribution in [0, 0.1) is 0 Å². The first-order valence-corrected chi connectivity index (χ1v) is 7.86. The van der Waals surface area contributed by atoms with E-state index >= 15 is 0 Å². The van der Waals surface area contributed by atoms with Gasteiger partial charge in [-0.2, -0.15) is 5.10 Å². The third kappa shape index (κ3) is 4.40. The van der Waals surface area contributed by atoms with Crippen LogP contribution in [0.3, 0.4) is 0 Å². The second-order valence-corrected chi connectivity index (χ2v) is 5.56. The summed E-state index contributed by atoms with van der Waals surface area (Å²) in [6, 6.07) is 9.91. The first-order chi connectivity index (χ1) is 11.3. The molecule has 122 valence electrons. The summed E-state index contributed by atoms with van der Waals surface area (Å²) in [5, 5.41) is 9.90. The van der Waals surface area contributed by atoms with Crippen LogP contribution in [-0.4, -0.2) is 42.0 Å². The third-order valence-electron chi connectivity index (χ3n) is 3.82. The molecule has 1 aliphatic heterocycles. The average Bonchev–Trinajstić information content (AvgIpc) is 3.25. The number of amides is 1. The van der Waals surface area contributed by atoms with E-state index in [1.807, 2.05) is 30.3 Å². The highest BCUT2D eigenvalue weighted by Crippen LogP contribution is 2.20. The lowest BCUT2D eigenvalue weighted by Crippen LogP contribution is -2.28. The number of aromatic amines is 1. The predicted molar refractivity (Wildman–Crippen MR) is 85.7 cm³/mol. The Morgan fingerprint density at radius 2 is 2.26 bits per heavy atom. The van der Waals surface area contributed by atoms with Crippen molar-refractivity contribution in [2.75, 3.05) is 19.8 Å². The molecule has 0 bridgehead atoms. The molecule has 1 amide bonds. The van der Waals surface area contributed by atoms with Gasteiger partial charge in [0.2, 0.25) is 5.91 Å². The second-order valence-electron chi connectivity index (χ2n) is 5.56. The van der Waals surface area contributed by atoms with Gasteiger partial charge in [0.1, 0.15) is 6.61 Å². The minimum Gasteiger partial charge on any atom is -0.376 e. The summed E-state index contributed by atoms with van der Waals surface area (Å²) < 4.78 is 10.9. The Labute approximate surface area is 135 Å². The number of H-pyrrole nitrogens is 1. The normalized spacial score (nSPS) is 17.3. The molecule has 3 rings (SSSR count). The van der Waals surface area contributed by atoms with Crippen molar-refractivity contribution in [3.63, 3.8) is 0 Å². The highest BCUT2D eigenvalue weighted by Gasteiger charge is 2.16. The van der Waals surface area contributed by atoms with Crippen LogP contribution >= 0.6 is 0 Å². The number of hydrogen-bond donors (Lipinski definition) is 2. The van der Waals surface area contributed by atoms with E-state index in [1.54, 1.807) is 6.20 Å². The second kappa shape index (κ2) is 7.89. The Bertz CT molecular complexity index is 621. The van der Waals surface area contributed by atoms with E-state index < -0.39 is 0 Å². The Balaban J connectivity index is 1.45. The molecular formula is C17H21N3O3. The zero-order valence-corrected chi connectivity index (χ0v) is 13.0. The average molecular weight is 315 g/mol. The number of hydrogen-bond acceptors (Lipinski definition) is 4. The summed E-state index contributed by atoms with van der Waals surface area (Å²) >= 11 is 0. The zero-order valence-electron chi connectivity index (χ0n) is 13.0. The Morgan fingerprint density at radius 1 is 1.39 bits per heavy atom. The van der Waals surface area contributed by atoms with Gasteiger partial charge in [-0.15, -0.1) is 0 Å². The lowest BCUT2D eigenvalue weighted by molar-refractivity contribution is -0.127. The van der Waals surface area contributed by atoms with E-state index in [2.05, 4.69) is 15.5 Å². The summed E-state index contributed by atoms with van der Waals surface area (Å²) in [6.45, 7) is 1.75. The molecule has 0 radical (unpaired) electrons. The van der Waals surface area contributed by atoms with Crippen LogP contribution in [0.15, 0.2) is 36.5 Å². The first-order valence-electron chi connectivity index (χ1n) is 7.86. The van der Waals surface area contributed by atoms with Crippen molar-refractivity contribution in [1.29, 1.82) is 0 Å². The number of ether oxygens (including phenoxy) is 2.